The van der Waals surface area contributed by atoms with Crippen LogP contribution in [0.2, 0.25) is 0 Å². The SMILES string of the molecule is COC(=O)CCc1ccc(-c2ccc(-c3ccc(OCC(=O)OC)c(Cc4cccc5ccccc45)c3)c(CC(C)C)c2)c(CC(C)C)c1. The fraction of sp³-hybridized carbons (Fsp3) is 0.318. The Morgan fingerprint density at radius 2 is 1.22 bits per heavy atom. The van der Waals surface area contributed by atoms with Gasteiger partial charge in [0.15, 0.2) is 6.61 Å². The van der Waals surface area contributed by atoms with Crippen LogP contribution in [0.1, 0.15) is 61.9 Å². The standard InChI is InChI=1S/C44H48O5/c1-29(2)22-36-24-31(15-21-43(45)47-5)14-18-40(36)34-16-19-41(37(25-34)23-30(3)4)35-17-20-42(49-28-44(46)48-6)38(27-35)26-33-12-9-11-32-10-7-8-13-39(32)33/h7-14,16-20,24-25,27,29-30H,15,21-23,26,28H2,1-6H3. The van der Waals surface area contributed by atoms with E-state index in [-0.39, 0.29) is 12.6 Å². The first-order chi connectivity index (χ1) is 23.6. The molecule has 0 aliphatic rings. The molecule has 5 rings (SSSR count). The minimum atomic E-state index is -0.414. The van der Waals surface area contributed by atoms with E-state index in [9.17, 15) is 9.59 Å². The average Bonchev–Trinajstić information content (AvgIpc) is 3.09. The number of carbonyl (C=O) groups excluding carboxylic acids is 2. The molecule has 0 saturated heterocycles. The van der Waals surface area contributed by atoms with Crippen molar-refractivity contribution in [2.24, 2.45) is 11.8 Å². The lowest BCUT2D eigenvalue weighted by Crippen LogP contribution is -2.13. The van der Waals surface area contributed by atoms with Gasteiger partial charge in [0.05, 0.1) is 14.2 Å². The van der Waals surface area contributed by atoms with E-state index < -0.39 is 5.97 Å². The van der Waals surface area contributed by atoms with Crippen molar-refractivity contribution >= 4 is 22.7 Å². The summed E-state index contributed by atoms with van der Waals surface area (Å²) in [5, 5.41) is 2.39. The highest BCUT2D eigenvalue weighted by Gasteiger charge is 2.17. The van der Waals surface area contributed by atoms with Crippen molar-refractivity contribution in [1.29, 1.82) is 0 Å². The van der Waals surface area contributed by atoms with Gasteiger partial charge in [0.1, 0.15) is 5.75 Å². The van der Waals surface area contributed by atoms with Crippen molar-refractivity contribution in [2.75, 3.05) is 20.8 Å². The molecule has 254 valence electrons. The lowest BCUT2D eigenvalue weighted by atomic mass is 9.86. The second kappa shape index (κ2) is 16.5. The first-order valence-electron chi connectivity index (χ1n) is 17.3. The molecule has 0 spiro atoms. The molecular formula is C44H48O5. The molecule has 0 aliphatic carbocycles. The minimum Gasteiger partial charge on any atom is -0.482 e. The summed E-state index contributed by atoms with van der Waals surface area (Å²) >= 11 is 0. The molecule has 0 fully saturated rings. The summed E-state index contributed by atoms with van der Waals surface area (Å²) in [5.74, 6) is 1.02. The van der Waals surface area contributed by atoms with Crippen molar-refractivity contribution in [1.82, 2.24) is 0 Å². The zero-order valence-corrected chi connectivity index (χ0v) is 29.7. The zero-order chi connectivity index (χ0) is 34.9. The van der Waals surface area contributed by atoms with Crippen molar-refractivity contribution in [3.8, 4) is 28.0 Å². The third-order valence-corrected chi connectivity index (χ3v) is 8.89. The van der Waals surface area contributed by atoms with Gasteiger partial charge in [-0.15, -0.1) is 0 Å². The van der Waals surface area contributed by atoms with Crippen LogP contribution in [0.4, 0.5) is 0 Å². The van der Waals surface area contributed by atoms with E-state index in [1.54, 1.807) is 0 Å². The first-order valence-corrected chi connectivity index (χ1v) is 17.3. The van der Waals surface area contributed by atoms with Gasteiger partial charge in [-0.3, -0.25) is 4.79 Å². The summed E-state index contributed by atoms with van der Waals surface area (Å²) in [6.45, 7) is 8.85. The monoisotopic (exact) mass is 656 g/mol. The Labute approximate surface area is 291 Å². The van der Waals surface area contributed by atoms with Crippen LogP contribution in [0, 0.1) is 11.8 Å². The quantitative estimate of drug-likeness (QED) is 0.111. The number of rotatable bonds is 14. The first kappa shape index (κ1) is 35.4. The number of esters is 2. The molecule has 5 aromatic rings. The van der Waals surface area contributed by atoms with Crippen molar-refractivity contribution < 1.29 is 23.8 Å². The highest BCUT2D eigenvalue weighted by atomic mass is 16.6. The van der Waals surface area contributed by atoms with Crippen molar-refractivity contribution in [2.45, 2.75) is 59.8 Å². The molecule has 0 heterocycles. The number of aryl methyl sites for hydroxylation is 1. The topological polar surface area (TPSA) is 61.8 Å². The Morgan fingerprint density at radius 1 is 0.612 bits per heavy atom. The Bertz CT molecular complexity index is 1910. The molecule has 5 aromatic carbocycles. The number of benzene rings is 5. The molecule has 0 bridgehead atoms. The van der Waals surface area contributed by atoms with Crippen LogP contribution in [0.15, 0.2) is 97.1 Å². The van der Waals surface area contributed by atoms with Crippen LogP contribution in [0.5, 0.6) is 5.75 Å². The Hall–Kier alpha value is -4.90. The molecule has 0 radical (unpaired) electrons. The van der Waals surface area contributed by atoms with Gasteiger partial charge in [-0.25, -0.2) is 4.79 Å². The average molecular weight is 657 g/mol. The van der Waals surface area contributed by atoms with Crippen molar-refractivity contribution in [3.05, 3.63) is 125 Å². The smallest absolute Gasteiger partial charge is 0.343 e. The van der Waals surface area contributed by atoms with Crippen molar-refractivity contribution in [3.63, 3.8) is 0 Å². The van der Waals surface area contributed by atoms with Gasteiger partial charge in [-0.05, 0) is 104 Å². The van der Waals surface area contributed by atoms with Crippen LogP contribution in [0.3, 0.4) is 0 Å². The summed E-state index contributed by atoms with van der Waals surface area (Å²) in [6.07, 6.45) is 3.58. The van der Waals surface area contributed by atoms with E-state index in [1.165, 1.54) is 58.4 Å². The molecule has 0 unspecified atom stereocenters. The van der Waals surface area contributed by atoms with Gasteiger partial charge < -0.3 is 14.2 Å². The molecule has 0 aliphatic heterocycles. The van der Waals surface area contributed by atoms with E-state index in [1.807, 2.05) is 6.07 Å². The maximum Gasteiger partial charge on any atom is 0.343 e. The van der Waals surface area contributed by atoms with E-state index in [0.29, 0.717) is 36.8 Å². The van der Waals surface area contributed by atoms with Crippen LogP contribution >= 0.6 is 0 Å². The number of hydrogen-bond donors (Lipinski definition) is 0. The maximum absolute atomic E-state index is 12.0. The van der Waals surface area contributed by atoms with E-state index in [0.717, 1.165) is 29.5 Å². The van der Waals surface area contributed by atoms with Crippen LogP contribution in [0.25, 0.3) is 33.0 Å². The largest absolute Gasteiger partial charge is 0.482 e. The van der Waals surface area contributed by atoms with Gasteiger partial charge >= 0.3 is 11.9 Å². The van der Waals surface area contributed by atoms with E-state index >= 15 is 0 Å². The predicted octanol–water partition coefficient (Wildman–Crippen LogP) is 9.82. The molecule has 5 heteroatoms. The fourth-order valence-corrected chi connectivity index (χ4v) is 6.57. The molecular weight excluding hydrogens is 608 g/mol. The molecule has 49 heavy (non-hydrogen) atoms. The second-order valence-electron chi connectivity index (χ2n) is 13.6. The molecule has 0 atom stereocenters. The molecule has 5 nitrogen and oxygen atoms in total. The number of methoxy groups -OCH3 is 2. The molecule has 0 amide bonds. The van der Waals surface area contributed by atoms with Gasteiger partial charge in [-0.2, -0.15) is 0 Å². The fourth-order valence-electron chi connectivity index (χ4n) is 6.57. The highest BCUT2D eigenvalue weighted by Crippen LogP contribution is 2.36. The third kappa shape index (κ3) is 9.17. The molecule has 0 N–H and O–H groups in total. The van der Waals surface area contributed by atoms with Gasteiger partial charge in [0.25, 0.3) is 0 Å². The second-order valence-corrected chi connectivity index (χ2v) is 13.6. The van der Waals surface area contributed by atoms with Crippen LogP contribution in [-0.4, -0.2) is 32.8 Å². The number of carbonyl (C=O) groups is 2. The highest BCUT2D eigenvalue weighted by molar-refractivity contribution is 5.86. The summed E-state index contributed by atoms with van der Waals surface area (Å²) in [4.78, 5) is 23.8. The Kier molecular flexibility index (Phi) is 11.9. The summed E-state index contributed by atoms with van der Waals surface area (Å²) in [5.41, 5.74) is 10.7. The lowest BCUT2D eigenvalue weighted by Gasteiger charge is -2.19. The van der Waals surface area contributed by atoms with Gasteiger partial charge in [-0.1, -0.05) is 113 Å². The summed E-state index contributed by atoms with van der Waals surface area (Å²) in [6, 6.07) is 34.6. The predicted molar refractivity (Wildman–Crippen MR) is 199 cm³/mol. The van der Waals surface area contributed by atoms with Gasteiger partial charge in [0.2, 0.25) is 0 Å². The number of fused-ring (bicyclic) bond motifs is 1. The normalized spacial score (nSPS) is 11.3. The van der Waals surface area contributed by atoms with Gasteiger partial charge in [0, 0.05) is 12.8 Å². The Morgan fingerprint density at radius 3 is 1.92 bits per heavy atom. The third-order valence-electron chi connectivity index (χ3n) is 8.89. The maximum atomic E-state index is 12.0. The van der Waals surface area contributed by atoms with Crippen LogP contribution < -0.4 is 4.74 Å². The number of ether oxygens (including phenoxy) is 3. The van der Waals surface area contributed by atoms with E-state index in [2.05, 4.69) is 119 Å². The minimum absolute atomic E-state index is 0.147. The zero-order valence-electron chi connectivity index (χ0n) is 29.7. The molecule has 0 aromatic heterocycles. The Balaban J connectivity index is 1.56. The van der Waals surface area contributed by atoms with E-state index in [4.69, 9.17) is 14.2 Å². The molecule has 0 saturated carbocycles. The number of hydrogen-bond acceptors (Lipinski definition) is 5. The lowest BCUT2D eigenvalue weighted by molar-refractivity contribution is -0.143. The van der Waals surface area contributed by atoms with Crippen LogP contribution in [-0.2, 0) is 44.7 Å². The summed E-state index contributed by atoms with van der Waals surface area (Å²) in [7, 11) is 2.81. The summed E-state index contributed by atoms with van der Waals surface area (Å²) < 4.78 is 15.8.